The molecule has 0 spiro atoms. The van der Waals surface area contributed by atoms with E-state index in [4.69, 9.17) is 5.73 Å². The van der Waals surface area contributed by atoms with E-state index in [-0.39, 0.29) is 11.8 Å². The third-order valence-corrected chi connectivity index (χ3v) is 5.29. The highest BCUT2D eigenvalue weighted by Crippen LogP contribution is 2.25. The number of hydrogen-bond acceptors (Lipinski definition) is 2. The van der Waals surface area contributed by atoms with Gasteiger partial charge in [0.05, 0.1) is 5.92 Å². The van der Waals surface area contributed by atoms with Gasteiger partial charge in [0.1, 0.15) is 0 Å². The van der Waals surface area contributed by atoms with Gasteiger partial charge >= 0.3 is 0 Å². The average molecular weight is 324 g/mol. The summed E-state index contributed by atoms with van der Waals surface area (Å²) in [7, 11) is 0. The van der Waals surface area contributed by atoms with E-state index < -0.39 is 0 Å². The Morgan fingerprint density at radius 2 is 2.00 bits per heavy atom. The maximum Gasteiger partial charge on any atom is 0.229 e. The molecule has 2 aliphatic rings. The van der Waals surface area contributed by atoms with Gasteiger partial charge < -0.3 is 10.6 Å². The topological polar surface area (TPSA) is 46.3 Å². The number of carbonyl (C=O) groups excluding carboxylic acids is 1. The van der Waals surface area contributed by atoms with Crippen molar-refractivity contribution in [1.29, 1.82) is 0 Å². The first-order valence-electron chi connectivity index (χ1n) is 9.19. The Morgan fingerprint density at radius 1 is 1.17 bits per heavy atom. The van der Waals surface area contributed by atoms with Crippen LogP contribution >= 0.6 is 0 Å². The number of nitrogens with zero attached hydrogens (tertiary/aromatic N) is 1. The molecule has 3 nitrogen and oxygen atoms in total. The Kier molecular flexibility index (Phi) is 5.73. The first-order valence-corrected chi connectivity index (χ1v) is 9.19. The molecular weight excluding hydrogens is 296 g/mol. The SMILES string of the molecule is NC1=CCC(C(=O)N2CCCC(CCc3ccccc3)CC2)C=C1. The van der Waals surface area contributed by atoms with Crippen molar-refractivity contribution in [3.05, 3.63) is 59.8 Å². The van der Waals surface area contributed by atoms with E-state index in [1.807, 2.05) is 18.2 Å². The van der Waals surface area contributed by atoms with Gasteiger partial charge in [-0.1, -0.05) is 42.5 Å². The highest BCUT2D eigenvalue weighted by Gasteiger charge is 2.25. The lowest BCUT2D eigenvalue weighted by molar-refractivity contribution is -0.133. The zero-order valence-electron chi connectivity index (χ0n) is 14.4. The molecule has 24 heavy (non-hydrogen) atoms. The van der Waals surface area contributed by atoms with E-state index in [1.165, 1.54) is 18.4 Å². The molecule has 1 aromatic carbocycles. The Labute approximate surface area is 145 Å². The molecule has 1 heterocycles. The summed E-state index contributed by atoms with van der Waals surface area (Å²) in [4.78, 5) is 14.8. The van der Waals surface area contributed by atoms with Crippen LogP contribution in [0.3, 0.4) is 0 Å². The van der Waals surface area contributed by atoms with E-state index in [0.29, 0.717) is 0 Å². The third-order valence-electron chi connectivity index (χ3n) is 5.29. The minimum Gasteiger partial charge on any atom is -0.399 e. The Hall–Kier alpha value is -2.03. The molecule has 0 saturated carbocycles. The van der Waals surface area contributed by atoms with Crippen molar-refractivity contribution < 1.29 is 4.79 Å². The summed E-state index contributed by atoms with van der Waals surface area (Å²) in [6, 6.07) is 10.7. The molecule has 3 heteroatoms. The van der Waals surface area contributed by atoms with Crippen LogP contribution in [0, 0.1) is 11.8 Å². The van der Waals surface area contributed by atoms with E-state index in [2.05, 4.69) is 35.2 Å². The number of hydrogen-bond donors (Lipinski definition) is 1. The fourth-order valence-electron chi connectivity index (χ4n) is 3.74. The summed E-state index contributed by atoms with van der Waals surface area (Å²) in [5, 5.41) is 0. The maximum absolute atomic E-state index is 12.7. The van der Waals surface area contributed by atoms with Crippen molar-refractivity contribution in [2.45, 2.75) is 38.5 Å². The number of allylic oxidation sites excluding steroid dienone is 2. The molecule has 1 amide bonds. The monoisotopic (exact) mass is 324 g/mol. The number of aryl methyl sites for hydroxylation is 1. The number of rotatable bonds is 4. The summed E-state index contributed by atoms with van der Waals surface area (Å²) in [6.45, 7) is 1.81. The van der Waals surface area contributed by atoms with E-state index in [0.717, 1.165) is 50.4 Å². The first-order chi connectivity index (χ1) is 11.7. The Morgan fingerprint density at radius 3 is 2.75 bits per heavy atom. The number of benzene rings is 1. The van der Waals surface area contributed by atoms with Gasteiger partial charge in [0.2, 0.25) is 5.91 Å². The van der Waals surface area contributed by atoms with Gasteiger partial charge in [0, 0.05) is 18.8 Å². The lowest BCUT2D eigenvalue weighted by Crippen LogP contribution is -2.36. The number of nitrogens with two attached hydrogens (primary N) is 1. The molecule has 1 aliphatic heterocycles. The third kappa shape index (κ3) is 4.50. The standard InChI is InChI=1S/C21H28N2O/c22-20-12-10-19(11-13-20)21(24)23-15-4-7-18(14-16-23)9-8-17-5-2-1-3-6-17/h1-3,5-6,10,12-13,18-19H,4,7-9,11,14-16,22H2. The smallest absolute Gasteiger partial charge is 0.229 e. The molecule has 0 bridgehead atoms. The molecular formula is C21H28N2O. The predicted octanol–water partition coefficient (Wildman–Crippen LogP) is 3.67. The van der Waals surface area contributed by atoms with Gasteiger partial charge in [-0.3, -0.25) is 4.79 Å². The van der Waals surface area contributed by atoms with Crippen LogP contribution in [-0.2, 0) is 11.2 Å². The predicted molar refractivity (Wildman–Crippen MR) is 98.2 cm³/mol. The summed E-state index contributed by atoms with van der Waals surface area (Å²) in [6.07, 6.45) is 12.4. The molecule has 1 aliphatic carbocycles. The Balaban J connectivity index is 1.48. The summed E-state index contributed by atoms with van der Waals surface area (Å²) >= 11 is 0. The van der Waals surface area contributed by atoms with Crippen molar-refractivity contribution in [3.63, 3.8) is 0 Å². The number of likely N-dealkylation sites (tertiary alicyclic amines) is 1. The zero-order valence-corrected chi connectivity index (χ0v) is 14.4. The molecule has 3 rings (SSSR count). The molecule has 2 N–H and O–H groups in total. The fraction of sp³-hybridized carbons (Fsp3) is 0.476. The van der Waals surface area contributed by atoms with Crippen LogP contribution in [-0.4, -0.2) is 23.9 Å². The molecule has 0 aromatic heterocycles. The normalized spacial score (nSPS) is 24.3. The van der Waals surface area contributed by atoms with Gasteiger partial charge in [0.25, 0.3) is 0 Å². The Bertz CT molecular complexity index is 606. The van der Waals surface area contributed by atoms with Gasteiger partial charge in [-0.05, 0) is 56.1 Å². The van der Waals surface area contributed by atoms with Crippen LogP contribution in [0.2, 0.25) is 0 Å². The average Bonchev–Trinajstić information content (AvgIpc) is 2.86. The van der Waals surface area contributed by atoms with Gasteiger partial charge in [-0.2, -0.15) is 0 Å². The van der Waals surface area contributed by atoms with Crippen molar-refractivity contribution in [2.75, 3.05) is 13.1 Å². The maximum atomic E-state index is 12.7. The molecule has 1 saturated heterocycles. The lowest BCUT2D eigenvalue weighted by atomic mass is 9.93. The highest BCUT2D eigenvalue weighted by molar-refractivity contribution is 5.81. The molecule has 1 fully saturated rings. The number of carbonyl (C=O) groups is 1. The summed E-state index contributed by atoms with van der Waals surface area (Å²) < 4.78 is 0. The van der Waals surface area contributed by atoms with Crippen molar-refractivity contribution in [3.8, 4) is 0 Å². The minimum atomic E-state index is -0.0156. The van der Waals surface area contributed by atoms with Gasteiger partial charge in [-0.25, -0.2) is 0 Å². The lowest BCUT2D eigenvalue weighted by Gasteiger charge is -2.25. The molecule has 0 radical (unpaired) electrons. The van der Waals surface area contributed by atoms with Crippen LogP contribution < -0.4 is 5.73 Å². The first kappa shape index (κ1) is 16.8. The van der Waals surface area contributed by atoms with Crippen molar-refractivity contribution in [2.24, 2.45) is 17.6 Å². The molecule has 128 valence electrons. The van der Waals surface area contributed by atoms with E-state index >= 15 is 0 Å². The second-order valence-corrected chi connectivity index (χ2v) is 7.05. The van der Waals surface area contributed by atoms with Crippen LogP contribution in [0.4, 0.5) is 0 Å². The van der Waals surface area contributed by atoms with Crippen LogP contribution in [0.1, 0.15) is 37.7 Å². The van der Waals surface area contributed by atoms with Crippen molar-refractivity contribution >= 4 is 5.91 Å². The number of amides is 1. The van der Waals surface area contributed by atoms with Gasteiger partial charge in [0.15, 0.2) is 0 Å². The van der Waals surface area contributed by atoms with Crippen molar-refractivity contribution in [1.82, 2.24) is 4.90 Å². The van der Waals surface area contributed by atoms with Crippen LogP contribution in [0.25, 0.3) is 0 Å². The molecule has 1 aromatic rings. The zero-order chi connectivity index (χ0) is 16.8. The van der Waals surface area contributed by atoms with E-state index in [9.17, 15) is 4.79 Å². The van der Waals surface area contributed by atoms with Crippen LogP contribution in [0.15, 0.2) is 54.3 Å². The fourth-order valence-corrected chi connectivity index (χ4v) is 3.74. The second-order valence-electron chi connectivity index (χ2n) is 7.05. The summed E-state index contributed by atoms with van der Waals surface area (Å²) in [5.41, 5.74) is 7.95. The summed E-state index contributed by atoms with van der Waals surface area (Å²) in [5.74, 6) is 0.998. The second kappa shape index (κ2) is 8.18. The quantitative estimate of drug-likeness (QED) is 0.918. The largest absolute Gasteiger partial charge is 0.399 e. The molecule has 2 atom stereocenters. The van der Waals surface area contributed by atoms with E-state index in [1.54, 1.807) is 0 Å². The molecule has 2 unspecified atom stereocenters. The van der Waals surface area contributed by atoms with Crippen LogP contribution in [0.5, 0.6) is 0 Å². The minimum absolute atomic E-state index is 0.0156. The highest BCUT2D eigenvalue weighted by atomic mass is 16.2. The van der Waals surface area contributed by atoms with Gasteiger partial charge in [-0.15, -0.1) is 0 Å².